The molecule has 0 bridgehead atoms. The smallest absolute Gasteiger partial charge is 0.225 e. The van der Waals surface area contributed by atoms with Crippen LogP contribution in [0.25, 0.3) is 0 Å². The summed E-state index contributed by atoms with van der Waals surface area (Å²) in [4.78, 5) is 18.0. The fraction of sp³-hybridized carbons (Fsp3) is 0.571. The normalized spacial score (nSPS) is 19.5. The maximum Gasteiger partial charge on any atom is 0.225 e. The molecule has 96 valence electrons. The quantitative estimate of drug-likeness (QED) is 0.877. The van der Waals surface area contributed by atoms with Crippen LogP contribution < -0.4 is 5.32 Å². The van der Waals surface area contributed by atoms with Crippen LogP contribution in [-0.2, 0) is 11.2 Å². The van der Waals surface area contributed by atoms with E-state index in [0.29, 0.717) is 17.9 Å². The number of nitrogens with zero attached hydrogens (tertiary/aromatic N) is 2. The molecule has 0 atom stereocenters. The van der Waals surface area contributed by atoms with Crippen LogP contribution in [0.15, 0.2) is 18.3 Å². The zero-order valence-corrected chi connectivity index (χ0v) is 10.7. The molecule has 0 spiro atoms. The summed E-state index contributed by atoms with van der Waals surface area (Å²) in [6.07, 6.45) is 5.04. The van der Waals surface area contributed by atoms with E-state index in [1.165, 1.54) is 5.56 Å². The number of aromatic nitrogens is 1. The Hall–Kier alpha value is -1.58. The molecular formula is C14H19N3O. The highest BCUT2D eigenvalue weighted by Gasteiger charge is 2.39. The van der Waals surface area contributed by atoms with Crippen molar-refractivity contribution >= 4 is 11.7 Å². The number of likely N-dealkylation sites (tertiary alicyclic amines) is 1. The number of nitrogens with one attached hydrogen (secondary N) is 1. The minimum absolute atomic E-state index is 0.340. The van der Waals surface area contributed by atoms with Crippen molar-refractivity contribution in [3.05, 3.63) is 23.9 Å². The second kappa shape index (κ2) is 4.59. The number of pyridine rings is 1. The SMILES string of the molecule is CCc1ccnc(NC2CN(C(=O)C3CC3)C2)c1. The van der Waals surface area contributed by atoms with Crippen molar-refractivity contribution in [2.24, 2.45) is 5.92 Å². The topological polar surface area (TPSA) is 45.2 Å². The molecular weight excluding hydrogens is 226 g/mol. The van der Waals surface area contributed by atoms with E-state index in [2.05, 4.69) is 23.3 Å². The van der Waals surface area contributed by atoms with Gasteiger partial charge in [-0.1, -0.05) is 6.92 Å². The van der Waals surface area contributed by atoms with E-state index in [1.807, 2.05) is 17.2 Å². The first kappa shape index (κ1) is 11.5. The predicted molar refractivity (Wildman–Crippen MR) is 70.3 cm³/mol. The van der Waals surface area contributed by atoms with Crippen LogP contribution in [0.4, 0.5) is 5.82 Å². The van der Waals surface area contributed by atoms with Crippen LogP contribution in [-0.4, -0.2) is 34.9 Å². The van der Waals surface area contributed by atoms with Gasteiger partial charge in [0, 0.05) is 25.2 Å². The Morgan fingerprint density at radius 3 is 2.94 bits per heavy atom. The zero-order chi connectivity index (χ0) is 12.5. The molecule has 1 aromatic rings. The number of amides is 1. The Kier molecular flexibility index (Phi) is 2.94. The molecule has 3 rings (SSSR count). The fourth-order valence-corrected chi connectivity index (χ4v) is 2.32. The Labute approximate surface area is 107 Å². The minimum atomic E-state index is 0.340. The van der Waals surface area contributed by atoms with E-state index in [4.69, 9.17) is 0 Å². The molecule has 2 aliphatic rings. The molecule has 18 heavy (non-hydrogen) atoms. The Morgan fingerprint density at radius 2 is 2.28 bits per heavy atom. The number of carbonyl (C=O) groups excluding carboxylic acids is 1. The standard InChI is InChI=1S/C14H19N3O/c1-2-10-5-6-15-13(7-10)16-12-8-17(9-12)14(18)11-3-4-11/h5-7,11-12H,2-4,8-9H2,1H3,(H,15,16). The lowest BCUT2D eigenvalue weighted by Crippen LogP contribution is -2.57. The number of aryl methyl sites for hydroxylation is 1. The van der Waals surface area contributed by atoms with Crippen LogP contribution in [0.2, 0.25) is 0 Å². The third-order valence-electron chi connectivity index (χ3n) is 3.70. The molecule has 1 aliphatic heterocycles. The summed E-state index contributed by atoms with van der Waals surface area (Å²) in [5.41, 5.74) is 1.29. The Morgan fingerprint density at radius 1 is 1.50 bits per heavy atom. The average molecular weight is 245 g/mol. The van der Waals surface area contributed by atoms with E-state index in [0.717, 1.165) is 38.2 Å². The first-order chi connectivity index (χ1) is 8.76. The zero-order valence-electron chi connectivity index (χ0n) is 10.7. The van der Waals surface area contributed by atoms with Gasteiger partial charge < -0.3 is 10.2 Å². The van der Waals surface area contributed by atoms with Gasteiger partial charge in [-0.15, -0.1) is 0 Å². The second-order valence-electron chi connectivity index (χ2n) is 5.26. The summed E-state index contributed by atoms with van der Waals surface area (Å²) in [6, 6.07) is 4.49. The number of hydrogen-bond donors (Lipinski definition) is 1. The molecule has 0 radical (unpaired) electrons. The highest BCUT2D eigenvalue weighted by atomic mass is 16.2. The average Bonchev–Trinajstić information content (AvgIpc) is 3.17. The molecule has 1 aromatic heterocycles. The van der Waals surface area contributed by atoms with Gasteiger partial charge >= 0.3 is 0 Å². The third-order valence-corrected chi connectivity index (χ3v) is 3.70. The lowest BCUT2D eigenvalue weighted by molar-refractivity contribution is -0.136. The minimum Gasteiger partial charge on any atom is -0.364 e. The van der Waals surface area contributed by atoms with E-state index in [9.17, 15) is 4.79 Å². The Bertz CT molecular complexity index is 450. The van der Waals surface area contributed by atoms with E-state index in [-0.39, 0.29) is 0 Å². The van der Waals surface area contributed by atoms with Crippen LogP contribution in [0.5, 0.6) is 0 Å². The van der Waals surface area contributed by atoms with Crippen LogP contribution in [0.1, 0.15) is 25.3 Å². The van der Waals surface area contributed by atoms with Gasteiger partial charge in [-0.2, -0.15) is 0 Å². The van der Waals surface area contributed by atoms with Gasteiger partial charge in [0.25, 0.3) is 0 Å². The van der Waals surface area contributed by atoms with Crippen molar-refractivity contribution in [3.63, 3.8) is 0 Å². The predicted octanol–water partition coefficient (Wildman–Crippen LogP) is 1.68. The van der Waals surface area contributed by atoms with Crippen molar-refractivity contribution in [2.45, 2.75) is 32.2 Å². The van der Waals surface area contributed by atoms with Gasteiger partial charge in [-0.05, 0) is 37.0 Å². The van der Waals surface area contributed by atoms with Crippen molar-refractivity contribution in [2.75, 3.05) is 18.4 Å². The van der Waals surface area contributed by atoms with E-state index in [1.54, 1.807) is 0 Å². The largest absolute Gasteiger partial charge is 0.364 e. The van der Waals surface area contributed by atoms with Crippen LogP contribution in [0.3, 0.4) is 0 Å². The second-order valence-corrected chi connectivity index (χ2v) is 5.26. The molecule has 1 aliphatic carbocycles. The molecule has 0 aromatic carbocycles. The van der Waals surface area contributed by atoms with Gasteiger partial charge in [-0.3, -0.25) is 4.79 Å². The molecule has 0 unspecified atom stereocenters. The monoisotopic (exact) mass is 245 g/mol. The summed E-state index contributed by atoms with van der Waals surface area (Å²) in [5.74, 6) is 1.62. The maximum absolute atomic E-state index is 11.8. The number of hydrogen-bond acceptors (Lipinski definition) is 3. The van der Waals surface area contributed by atoms with Gasteiger partial charge in [0.05, 0.1) is 6.04 Å². The molecule has 2 heterocycles. The summed E-state index contributed by atoms with van der Waals surface area (Å²) in [6.45, 7) is 3.79. The number of carbonyl (C=O) groups is 1. The third kappa shape index (κ3) is 2.33. The first-order valence-electron chi connectivity index (χ1n) is 6.76. The molecule has 1 N–H and O–H groups in total. The molecule has 4 nitrogen and oxygen atoms in total. The van der Waals surface area contributed by atoms with Crippen molar-refractivity contribution in [1.82, 2.24) is 9.88 Å². The van der Waals surface area contributed by atoms with Gasteiger partial charge in [0.15, 0.2) is 0 Å². The fourth-order valence-electron chi connectivity index (χ4n) is 2.32. The highest BCUT2D eigenvalue weighted by molar-refractivity contribution is 5.82. The molecule has 1 saturated heterocycles. The van der Waals surface area contributed by atoms with Crippen LogP contribution >= 0.6 is 0 Å². The molecule has 4 heteroatoms. The van der Waals surface area contributed by atoms with E-state index >= 15 is 0 Å². The number of rotatable bonds is 4. The van der Waals surface area contributed by atoms with Crippen molar-refractivity contribution < 1.29 is 4.79 Å². The maximum atomic E-state index is 11.8. The summed E-state index contributed by atoms with van der Waals surface area (Å²) < 4.78 is 0. The molecule has 1 saturated carbocycles. The number of anilines is 1. The lowest BCUT2D eigenvalue weighted by Gasteiger charge is -2.40. The lowest BCUT2D eigenvalue weighted by atomic mass is 10.1. The van der Waals surface area contributed by atoms with Crippen molar-refractivity contribution in [1.29, 1.82) is 0 Å². The summed E-state index contributed by atoms with van der Waals surface area (Å²) in [7, 11) is 0. The van der Waals surface area contributed by atoms with Crippen molar-refractivity contribution in [3.8, 4) is 0 Å². The molecule has 2 fully saturated rings. The van der Waals surface area contributed by atoms with E-state index < -0.39 is 0 Å². The highest BCUT2D eigenvalue weighted by Crippen LogP contribution is 2.32. The van der Waals surface area contributed by atoms with Crippen LogP contribution in [0, 0.1) is 5.92 Å². The van der Waals surface area contributed by atoms with Gasteiger partial charge in [0.2, 0.25) is 5.91 Å². The first-order valence-corrected chi connectivity index (χ1v) is 6.76. The summed E-state index contributed by atoms with van der Waals surface area (Å²) >= 11 is 0. The van der Waals surface area contributed by atoms with Gasteiger partial charge in [0.1, 0.15) is 5.82 Å². The Balaban J connectivity index is 1.51. The molecule has 1 amide bonds. The summed E-state index contributed by atoms with van der Waals surface area (Å²) in [5, 5.41) is 3.39. The van der Waals surface area contributed by atoms with Gasteiger partial charge in [-0.25, -0.2) is 4.98 Å².